The van der Waals surface area contributed by atoms with Crippen molar-refractivity contribution in [1.82, 2.24) is 3.62 Å². The zero-order chi connectivity index (χ0) is 25.4. The number of rotatable bonds is 5. The Balaban J connectivity index is 2.60. The van der Waals surface area contributed by atoms with Crippen molar-refractivity contribution in [2.45, 2.75) is 50.0 Å². The third kappa shape index (κ3) is 3.51. The highest BCUT2D eigenvalue weighted by atomic mass is 32.3. The van der Waals surface area contributed by atoms with Gasteiger partial charge in [-0.3, -0.25) is 0 Å². The van der Waals surface area contributed by atoms with Gasteiger partial charge in [-0.1, -0.05) is 30.3 Å². The Labute approximate surface area is 188 Å². The molecular weight excluding hydrogens is 514 g/mol. The van der Waals surface area contributed by atoms with Crippen LogP contribution in [0.3, 0.4) is 0 Å². The molecule has 0 aromatic heterocycles. The lowest BCUT2D eigenvalue weighted by molar-refractivity contribution is -0.0507. The van der Waals surface area contributed by atoms with Gasteiger partial charge in [0.15, 0.2) is 0 Å². The molecule has 2 aromatic rings. The molecule has 1 aliphatic rings. The molecule has 0 unspecified atom stereocenters. The molecule has 0 fully saturated rings. The topological polar surface area (TPSA) is 71.5 Å². The van der Waals surface area contributed by atoms with E-state index in [1.807, 2.05) is 0 Å². The molecule has 0 N–H and O–H groups in total. The van der Waals surface area contributed by atoms with E-state index in [0.717, 1.165) is 0 Å². The summed E-state index contributed by atoms with van der Waals surface area (Å²) in [4.78, 5) is 0. The molecule has 0 saturated carbocycles. The van der Waals surface area contributed by atoms with Crippen LogP contribution in [0.15, 0.2) is 36.4 Å². The van der Waals surface area contributed by atoms with E-state index in [-0.39, 0.29) is 5.46 Å². The smallest absolute Gasteiger partial charge is 0.234 e. The number of sulfonamides is 2. The first kappa shape index (κ1) is 26.2. The third-order valence-corrected chi connectivity index (χ3v) is 16.0. The number of nitrogens with zero attached hydrogens (tertiary/aromatic N) is 1. The van der Waals surface area contributed by atoms with Crippen molar-refractivity contribution >= 4 is 55.3 Å². The van der Waals surface area contributed by atoms with Crippen LogP contribution >= 0.6 is 7.14 Å². The molecular formula is C18H20BF6NO4PS2. The Morgan fingerprint density at radius 3 is 1.61 bits per heavy atom. The molecule has 0 atom stereocenters. The van der Waals surface area contributed by atoms with Crippen molar-refractivity contribution in [2.24, 2.45) is 0 Å². The normalized spacial score (nSPS) is 17.6. The number of hydrogen-bond donors (Lipinski definition) is 0. The fraction of sp³-hybridized carbons (Fsp3) is 0.444. The minimum absolute atomic E-state index is 0.181. The van der Waals surface area contributed by atoms with Crippen LogP contribution in [0.1, 0.15) is 27.7 Å². The molecule has 0 bridgehead atoms. The standard InChI is InChI=1S/C18H20BF6NO4PS2/c1-11(2)31(12(3)4)15-10-6-8-13-7-5-9-14(16(13)15)19(31)26(32(27,28)17(20,21)22)33(29,30)18(23,24)25/h5-12H,1-4H3. The Morgan fingerprint density at radius 2 is 1.21 bits per heavy atom. The predicted octanol–water partition coefficient (Wildman–Crippen LogP) is 4.01. The summed E-state index contributed by atoms with van der Waals surface area (Å²) in [6.07, 6.45) is 0. The second kappa shape index (κ2) is 7.83. The molecule has 0 amide bonds. The fourth-order valence-corrected chi connectivity index (χ4v) is 14.9. The quantitative estimate of drug-likeness (QED) is 0.331. The van der Waals surface area contributed by atoms with Gasteiger partial charge in [-0.15, -0.1) is 7.14 Å². The molecule has 183 valence electrons. The number of benzene rings is 2. The molecule has 1 aliphatic heterocycles. The molecule has 2 aromatic carbocycles. The van der Waals surface area contributed by atoms with Crippen LogP contribution in [-0.4, -0.2) is 49.4 Å². The minimum atomic E-state index is -6.96. The van der Waals surface area contributed by atoms with Gasteiger partial charge in [-0.05, 0) is 44.5 Å². The van der Waals surface area contributed by atoms with Gasteiger partial charge in [0.2, 0.25) is 6.57 Å². The highest BCUT2D eigenvalue weighted by Gasteiger charge is 2.66. The van der Waals surface area contributed by atoms with Crippen molar-refractivity contribution in [3.63, 3.8) is 0 Å². The first-order valence-corrected chi connectivity index (χ1v) is 14.5. The summed E-state index contributed by atoms with van der Waals surface area (Å²) in [7, 11) is -17.3. The van der Waals surface area contributed by atoms with Crippen LogP contribution in [-0.2, 0) is 20.0 Å². The highest BCUT2D eigenvalue weighted by molar-refractivity contribution is 8.19. The third-order valence-electron chi connectivity index (χ3n) is 5.98. The van der Waals surface area contributed by atoms with E-state index in [1.54, 1.807) is 45.9 Å². The van der Waals surface area contributed by atoms with E-state index in [1.165, 1.54) is 18.2 Å². The van der Waals surface area contributed by atoms with E-state index >= 15 is 0 Å². The fourth-order valence-electron chi connectivity index (χ4n) is 4.83. The van der Waals surface area contributed by atoms with Gasteiger partial charge in [0.25, 0.3) is 20.0 Å². The predicted molar refractivity (Wildman–Crippen MR) is 118 cm³/mol. The van der Waals surface area contributed by atoms with E-state index in [0.29, 0.717) is 16.1 Å². The van der Waals surface area contributed by atoms with Crippen molar-refractivity contribution in [2.75, 3.05) is 0 Å². The monoisotopic (exact) mass is 534 g/mol. The lowest BCUT2D eigenvalue weighted by Gasteiger charge is -2.49. The lowest BCUT2D eigenvalue weighted by Crippen LogP contribution is -2.61. The number of halogens is 6. The number of alkyl halides is 6. The second-order valence-electron chi connectivity index (χ2n) is 8.25. The Morgan fingerprint density at radius 1 is 0.788 bits per heavy atom. The van der Waals surface area contributed by atoms with Crippen LogP contribution in [0.5, 0.6) is 0 Å². The summed E-state index contributed by atoms with van der Waals surface area (Å²) < 4.78 is 131. The molecule has 0 aliphatic carbocycles. The van der Waals surface area contributed by atoms with Gasteiger partial charge >= 0.3 is 11.0 Å². The van der Waals surface area contributed by atoms with Gasteiger partial charge in [-0.25, -0.2) is 20.5 Å². The molecule has 1 radical (unpaired) electrons. The van der Waals surface area contributed by atoms with Crippen molar-refractivity contribution in [1.29, 1.82) is 0 Å². The van der Waals surface area contributed by atoms with Gasteiger partial charge < -0.3 is 0 Å². The van der Waals surface area contributed by atoms with Gasteiger partial charge in [0.1, 0.15) is 0 Å². The summed E-state index contributed by atoms with van der Waals surface area (Å²) in [5.74, 6) is 0. The Bertz CT molecular complexity index is 1250. The van der Waals surface area contributed by atoms with Gasteiger partial charge in [-0.2, -0.15) is 31.8 Å². The first-order valence-electron chi connectivity index (χ1n) is 9.67. The molecule has 3 rings (SSSR count). The van der Waals surface area contributed by atoms with E-state index in [9.17, 15) is 43.2 Å². The SMILES string of the molecule is CC(C)[P+]1(C(C)C)[B-](N(S(=O)(=O)C(F)(F)F)S(=O)(=O)C(F)(F)F)c2cccc3cccc1c23. The van der Waals surface area contributed by atoms with Gasteiger partial charge in [0, 0.05) is 11.3 Å². The van der Waals surface area contributed by atoms with Crippen LogP contribution in [0.25, 0.3) is 10.8 Å². The van der Waals surface area contributed by atoms with Crippen molar-refractivity contribution in [3.8, 4) is 0 Å². The van der Waals surface area contributed by atoms with Crippen LogP contribution < -0.4 is 10.8 Å². The molecule has 1 heterocycles. The largest absolute Gasteiger partial charge is 0.509 e. The zero-order valence-electron chi connectivity index (χ0n) is 17.8. The zero-order valence-corrected chi connectivity index (χ0v) is 20.3. The molecule has 0 saturated heterocycles. The summed E-state index contributed by atoms with van der Waals surface area (Å²) >= 11 is 0. The highest BCUT2D eigenvalue weighted by Crippen LogP contribution is 2.71. The van der Waals surface area contributed by atoms with E-state index in [4.69, 9.17) is 0 Å². The first-order chi connectivity index (χ1) is 14.8. The summed E-state index contributed by atoms with van der Waals surface area (Å²) in [5.41, 5.74) is -14.0. The summed E-state index contributed by atoms with van der Waals surface area (Å²) in [6, 6.07) is 8.84. The van der Waals surface area contributed by atoms with Crippen LogP contribution in [0.2, 0.25) is 0 Å². The maximum atomic E-state index is 13.7. The lowest BCUT2D eigenvalue weighted by atomic mass is 9.79. The molecule has 15 heteroatoms. The molecule has 33 heavy (non-hydrogen) atoms. The number of hydrogen-bond acceptors (Lipinski definition) is 4. The Kier molecular flexibility index (Phi) is 6.22. The van der Waals surface area contributed by atoms with E-state index < -0.39 is 59.7 Å². The average Bonchev–Trinajstić information content (AvgIpc) is 2.93. The maximum Gasteiger partial charge on any atom is 0.509 e. The van der Waals surface area contributed by atoms with Crippen LogP contribution in [0, 0.1) is 0 Å². The molecule has 0 spiro atoms. The summed E-state index contributed by atoms with van der Waals surface area (Å²) in [6.45, 7) is 4.04. The minimum Gasteiger partial charge on any atom is -0.234 e. The Hall–Kier alpha value is -1.37. The van der Waals surface area contributed by atoms with E-state index in [2.05, 4.69) is 0 Å². The second-order valence-corrected chi connectivity index (χ2v) is 16.8. The molecule has 5 nitrogen and oxygen atoms in total. The van der Waals surface area contributed by atoms with Gasteiger partial charge in [0.05, 0.1) is 5.30 Å². The maximum absolute atomic E-state index is 13.7. The average molecular weight is 534 g/mol. The van der Waals surface area contributed by atoms with Crippen molar-refractivity contribution in [3.05, 3.63) is 36.4 Å². The van der Waals surface area contributed by atoms with Crippen molar-refractivity contribution < 1.29 is 43.2 Å². The summed E-state index contributed by atoms with van der Waals surface area (Å²) in [5, 5.41) is 1.16. The van der Waals surface area contributed by atoms with Crippen LogP contribution in [0.4, 0.5) is 26.3 Å².